The van der Waals surface area contributed by atoms with E-state index in [0.29, 0.717) is 0 Å². The average Bonchev–Trinajstić information content (AvgIpc) is 2.82. The monoisotopic (exact) mass is 494 g/mol. The van der Waals surface area contributed by atoms with Crippen LogP contribution in [0.4, 0.5) is 0 Å². The van der Waals surface area contributed by atoms with Gasteiger partial charge in [-0.05, 0) is 18.2 Å². The molecule has 0 aliphatic carbocycles. The Balaban J connectivity index is 1.92. The lowest BCUT2D eigenvalue weighted by molar-refractivity contribution is -0.277. The van der Waals surface area contributed by atoms with Crippen molar-refractivity contribution in [3.63, 3.8) is 0 Å². The number of methoxy groups -OCH3 is 1. The predicted molar refractivity (Wildman–Crippen MR) is 116 cm³/mol. The molecule has 13 nitrogen and oxygen atoms in total. The van der Waals surface area contributed by atoms with Crippen LogP contribution in [0, 0.1) is 0 Å². The lowest BCUT2D eigenvalue weighted by Gasteiger charge is -2.39. The molecular formula is C22H22O13. The number of aliphatic hydroxyl groups is 4. The van der Waals surface area contributed by atoms with Crippen LogP contribution < -0.4 is 14.9 Å². The van der Waals surface area contributed by atoms with E-state index in [2.05, 4.69) is 0 Å². The molecule has 0 unspecified atom stereocenters. The summed E-state index contributed by atoms with van der Waals surface area (Å²) in [5, 5.41) is 79.4. The first kappa shape index (κ1) is 24.4. The Bertz CT molecular complexity index is 1320. The van der Waals surface area contributed by atoms with Crippen molar-refractivity contribution in [1.82, 2.24) is 0 Å². The second kappa shape index (κ2) is 9.13. The molecule has 8 N–H and O–H groups in total. The molecule has 5 atom stereocenters. The molecule has 1 aliphatic rings. The zero-order valence-corrected chi connectivity index (χ0v) is 18.0. The third kappa shape index (κ3) is 4.05. The van der Waals surface area contributed by atoms with Crippen LogP contribution >= 0.6 is 0 Å². The SMILES string of the molecule is COc1c(-c2ccc(O)c(O)c2)oc2c(O[C@H]3O[C@H](CO)[C@@H](O)[C@H](O)[C@H]3O)c(O)cc(O)c2c1=O. The number of ether oxygens (including phenoxy) is 3. The number of hydrogen-bond donors (Lipinski definition) is 8. The van der Waals surface area contributed by atoms with Crippen molar-refractivity contribution >= 4 is 11.0 Å². The molecule has 1 saturated heterocycles. The van der Waals surface area contributed by atoms with Gasteiger partial charge in [0.1, 0.15) is 35.6 Å². The van der Waals surface area contributed by atoms with E-state index in [1.807, 2.05) is 0 Å². The zero-order chi connectivity index (χ0) is 25.6. The molecule has 35 heavy (non-hydrogen) atoms. The van der Waals surface area contributed by atoms with Gasteiger partial charge in [-0.25, -0.2) is 0 Å². The molecule has 188 valence electrons. The Hall–Kier alpha value is -3.75. The minimum Gasteiger partial charge on any atom is -0.507 e. The zero-order valence-electron chi connectivity index (χ0n) is 18.0. The van der Waals surface area contributed by atoms with Crippen LogP contribution in [-0.2, 0) is 4.74 Å². The summed E-state index contributed by atoms with van der Waals surface area (Å²) >= 11 is 0. The largest absolute Gasteiger partial charge is 0.507 e. The fraction of sp³-hybridized carbons (Fsp3) is 0.318. The maximum Gasteiger partial charge on any atom is 0.239 e. The van der Waals surface area contributed by atoms with Crippen molar-refractivity contribution in [2.75, 3.05) is 13.7 Å². The van der Waals surface area contributed by atoms with Crippen molar-refractivity contribution in [1.29, 1.82) is 0 Å². The van der Waals surface area contributed by atoms with Gasteiger partial charge in [-0.1, -0.05) is 0 Å². The van der Waals surface area contributed by atoms with E-state index in [4.69, 9.17) is 18.6 Å². The highest BCUT2D eigenvalue weighted by atomic mass is 16.7. The summed E-state index contributed by atoms with van der Waals surface area (Å²) in [5.74, 6) is -3.69. The molecule has 0 amide bonds. The number of benzene rings is 2. The van der Waals surface area contributed by atoms with Crippen LogP contribution in [0.3, 0.4) is 0 Å². The fourth-order valence-corrected chi connectivity index (χ4v) is 3.73. The van der Waals surface area contributed by atoms with Crippen LogP contribution in [-0.4, -0.2) is 85.3 Å². The van der Waals surface area contributed by atoms with Crippen LogP contribution in [0.15, 0.2) is 33.5 Å². The van der Waals surface area contributed by atoms with Gasteiger partial charge in [-0.3, -0.25) is 4.79 Å². The number of aliphatic hydroxyl groups excluding tert-OH is 4. The molecule has 2 aromatic carbocycles. The minimum atomic E-state index is -1.85. The van der Waals surface area contributed by atoms with Crippen LogP contribution in [0.25, 0.3) is 22.3 Å². The van der Waals surface area contributed by atoms with Crippen LogP contribution in [0.2, 0.25) is 0 Å². The smallest absolute Gasteiger partial charge is 0.239 e. The van der Waals surface area contributed by atoms with Gasteiger partial charge in [0.05, 0.1) is 13.7 Å². The first-order valence-electron chi connectivity index (χ1n) is 10.2. The number of rotatable bonds is 5. The summed E-state index contributed by atoms with van der Waals surface area (Å²) in [7, 11) is 1.16. The van der Waals surface area contributed by atoms with E-state index in [0.717, 1.165) is 25.3 Å². The molecule has 0 bridgehead atoms. The molecule has 4 rings (SSSR count). The Morgan fingerprint density at radius 3 is 2.23 bits per heavy atom. The predicted octanol–water partition coefficient (Wildman–Crippen LogP) is -0.530. The summed E-state index contributed by atoms with van der Waals surface area (Å²) in [6.45, 7) is -0.742. The molecule has 1 aromatic heterocycles. The van der Waals surface area contributed by atoms with Gasteiger partial charge in [0.25, 0.3) is 0 Å². The van der Waals surface area contributed by atoms with Gasteiger partial charge in [-0.15, -0.1) is 0 Å². The topological polar surface area (TPSA) is 220 Å². The normalized spacial score (nSPS) is 24.4. The minimum absolute atomic E-state index is 0.0674. The highest BCUT2D eigenvalue weighted by Crippen LogP contribution is 2.44. The number of hydrogen-bond acceptors (Lipinski definition) is 13. The third-order valence-corrected chi connectivity index (χ3v) is 5.56. The van der Waals surface area contributed by atoms with Crippen molar-refractivity contribution < 1.29 is 59.5 Å². The van der Waals surface area contributed by atoms with E-state index in [-0.39, 0.29) is 17.1 Å². The highest BCUT2D eigenvalue weighted by molar-refractivity contribution is 5.93. The second-order valence-corrected chi connectivity index (χ2v) is 7.76. The molecule has 0 spiro atoms. The highest BCUT2D eigenvalue weighted by Gasteiger charge is 2.45. The lowest BCUT2D eigenvalue weighted by Crippen LogP contribution is -2.60. The Morgan fingerprint density at radius 2 is 1.60 bits per heavy atom. The lowest BCUT2D eigenvalue weighted by atomic mass is 9.99. The van der Waals surface area contributed by atoms with Crippen LogP contribution in [0.1, 0.15) is 0 Å². The van der Waals surface area contributed by atoms with E-state index in [1.165, 1.54) is 6.07 Å². The van der Waals surface area contributed by atoms with Crippen LogP contribution in [0.5, 0.6) is 34.5 Å². The summed E-state index contributed by atoms with van der Waals surface area (Å²) in [5.41, 5.74) is -1.35. The second-order valence-electron chi connectivity index (χ2n) is 7.76. The molecule has 0 saturated carbocycles. The van der Waals surface area contributed by atoms with E-state index in [9.17, 15) is 45.6 Å². The molecule has 1 aliphatic heterocycles. The first-order chi connectivity index (χ1) is 16.6. The van der Waals surface area contributed by atoms with Crippen molar-refractivity contribution in [2.24, 2.45) is 0 Å². The van der Waals surface area contributed by atoms with Crippen molar-refractivity contribution in [2.45, 2.75) is 30.7 Å². The number of phenols is 4. The van der Waals surface area contributed by atoms with Gasteiger partial charge in [-0.2, -0.15) is 0 Å². The summed E-state index contributed by atoms with van der Waals surface area (Å²) in [6, 6.07) is 4.26. The van der Waals surface area contributed by atoms with E-state index >= 15 is 0 Å². The van der Waals surface area contributed by atoms with Crippen molar-refractivity contribution in [3.05, 3.63) is 34.5 Å². The summed E-state index contributed by atoms with van der Waals surface area (Å²) in [6.07, 6.45) is -8.39. The van der Waals surface area contributed by atoms with Crippen molar-refractivity contribution in [3.8, 4) is 45.8 Å². The van der Waals surface area contributed by atoms with Gasteiger partial charge < -0.3 is 59.5 Å². The number of phenolic OH excluding ortho intramolecular Hbond substituents is 4. The average molecular weight is 494 g/mol. The van der Waals surface area contributed by atoms with E-state index in [1.54, 1.807) is 0 Å². The number of aromatic hydroxyl groups is 4. The molecule has 3 aromatic rings. The molecular weight excluding hydrogens is 472 g/mol. The van der Waals surface area contributed by atoms with Gasteiger partial charge >= 0.3 is 0 Å². The quantitative estimate of drug-likeness (QED) is 0.209. The Kier molecular flexibility index (Phi) is 6.36. The van der Waals surface area contributed by atoms with Gasteiger partial charge in [0.2, 0.25) is 23.2 Å². The van der Waals surface area contributed by atoms with Gasteiger partial charge in [0.15, 0.2) is 28.6 Å². The Labute approximate surface area is 195 Å². The maximum atomic E-state index is 13.2. The summed E-state index contributed by atoms with van der Waals surface area (Å²) < 4.78 is 21.7. The Morgan fingerprint density at radius 1 is 0.886 bits per heavy atom. The van der Waals surface area contributed by atoms with Gasteiger partial charge in [0, 0.05) is 11.6 Å². The maximum absolute atomic E-state index is 13.2. The number of fused-ring (bicyclic) bond motifs is 1. The third-order valence-electron chi connectivity index (χ3n) is 5.56. The standard InChI is InChI=1S/C22H22O13/c1-32-21-15(29)13-10(26)5-11(27)19(35-22-17(31)16(30)14(28)12(6-23)33-22)20(13)34-18(21)7-2-3-8(24)9(25)4-7/h2-5,12,14,16-17,22-28,30-31H,6H2,1H3/t12-,14-,16+,17-,22-/m1/s1. The molecule has 1 fully saturated rings. The fourth-order valence-electron chi connectivity index (χ4n) is 3.73. The molecule has 0 radical (unpaired) electrons. The van der Waals surface area contributed by atoms with E-state index < -0.39 is 82.5 Å². The summed E-state index contributed by atoms with van der Waals surface area (Å²) in [4.78, 5) is 13.2. The first-order valence-corrected chi connectivity index (χ1v) is 10.2. The molecule has 13 heteroatoms. The molecule has 2 heterocycles.